The van der Waals surface area contributed by atoms with E-state index < -0.39 is 7.60 Å². The smallest absolute Gasteiger partial charge is 0.307 e. The molecule has 0 aliphatic heterocycles. The monoisotopic (exact) mass is 202 g/mol. The summed E-state index contributed by atoms with van der Waals surface area (Å²) in [7, 11) is -0.676. The Balaban J connectivity index is 2.96. The highest BCUT2D eigenvalue weighted by Crippen LogP contribution is 2.45. The fourth-order valence-corrected chi connectivity index (χ4v) is 1.98. The van der Waals surface area contributed by atoms with E-state index in [-0.39, 0.29) is 0 Å². The van der Waals surface area contributed by atoms with E-state index in [4.69, 9.17) is 4.52 Å². The third-order valence-electron chi connectivity index (χ3n) is 1.49. The van der Waals surface area contributed by atoms with Crippen LogP contribution in [0.5, 0.6) is 0 Å². The molecule has 0 aliphatic carbocycles. The molecule has 0 aliphatic rings. The Morgan fingerprint density at radius 2 is 1.77 bits per heavy atom. The summed E-state index contributed by atoms with van der Waals surface area (Å²) in [6.45, 7) is 0. The molecule has 0 aromatic heterocycles. The molecule has 1 rings (SSSR count). The van der Waals surface area contributed by atoms with Crippen LogP contribution in [0.3, 0.4) is 0 Å². The summed E-state index contributed by atoms with van der Waals surface area (Å²) in [4.78, 5) is 4.36. The van der Waals surface area contributed by atoms with Gasteiger partial charge in [-0.2, -0.15) is 0 Å². The van der Waals surface area contributed by atoms with Gasteiger partial charge in [0.1, 0.15) is 0 Å². The molecule has 0 saturated heterocycles. The van der Waals surface area contributed by atoms with E-state index >= 15 is 0 Å². The Morgan fingerprint density at radius 3 is 2.23 bits per heavy atom. The normalized spacial score (nSPS) is 15.2. The van der Waals surface area contributed by atoms with Crippen LogP contribution in [0.1, 0.15) is 0 Å². The molecule has 1 aromatic carbocycles. The van der Waals surface area contributed by atoms with Gasteiger partial charge in [0.05, 0.1) is 12.4 Å². The Labute approximate surface area is 76.9 Å². The average molecular weight is 202 g/mol. The number of hydrogen-bond donors (Lipinski definition) is 0. The molecule has 1 unspecified atom stereocenters. The van der Waals surface area contributed by atoms with E-state index in [0.717, 1.165) is 0 Å². The maximum Gasteiger partial charge on any atom is 0.387 e. The molecule has 5 heteroatoms. The van der Waals surface area contributed by atoms with Crippen LogP contribution in [0.2, 0.25) is 0 Å². The highest BCUT2D eigenvalue weighted by Gasteiger charge is 2.26. The van der Waals surface area contributed by atoms with E-state index in [2.05, 4.69) is 9.56 Å². The summed E-state index contributed by atoms with van der Waals surface area (Å²) in [5, 5.41) is 0.472. The van der Waals surface area contributed by atoms with Gasteiger partial charge in [-0.05, 0) is 12.1 Å². The highest BCUT2D eigenvalue weighted by atomic mass is 31.2. The van der Waals surface area contributed by atoms with Crippen LogP contribution in [0.25, 0.3) is 0 Å². The first-order valence-electron chi connectivity index (χ1n) is 3.67. The molecule has 1 atom stereocenters. The van der Waals surface area contributed by atoms with Crippen LogP contribution in [0, 0.1) is 0 Å². The van der Waals surface area contributed by atoms with Crippen molar-refractivity contribution in [3.8, 4) is 0 Å². The SMILES string of the molecule is COOP(=O)(OC)c1ccccc1. The first-order chi connectivity index (χ1) is 6.23. The van der Waals surface area contributed by atoms with Crippen molar-refractivity contribution in [2.24, 2.45) is 0 Å². The van der Waals surface area contributed by atoms with Crippen LogP contribution < -0.4 is 5.30 Å². The lowest BCUT2D eigenvalue weighted by Crippen LogP contribution is -2.07. The molecule has 0 spiro atoms. The fourth-order valence-electron chi connectivity index (χ4n) is 0.888. The summed E-state index contributed by atoms with van der Waals surface area (Å²) in [6.07, 6.45) is 0. The van der Waals surface area contributed by atoms with Gasteiger partial charge >= 0.3 is 7.60 Å². The van der Waals surface area contributed by atoms with Gasteiger partial charge in [-0.25, -0.2) is 4.89 Å². The maximum absolute atomic E-state index is 11.8. The van der Waals surface area contributed by atoms with Gasteiger partial charge in [-0.3, -0.25) is 4.57 Å². The summed E-state index contributed by atoms with van der Waals surface area (Å²) in [5.41, 5.74) is 0. The minimum atomic E-state index is -3.27. The van der Waals surface area contributed by atoms with Gasteiger partial charge in [-0.1, -0.05) is 18.2 Å². The van der Waals surface area contributed by atoms with E-state index in [9.17, 15) is 4.57 Å². The topological polar surface area (TPSA) is 44.8 Å². The molecular formula is C8H11O4P. The van der Waals surface area contributed by atoms with Crippen molar-refractivity contribution in [1.29, 1.82) is 0 Å². The standard InChI is InChI=1S/C8H11O4P/c1-10-12-13(9,11-2)8-6-4-3-5-7-8/h3-7H,1-2H3. The number of rotatable bonds is 4. The van der Waals surface area contributed by atoms with Crippen molar-refractivity contribution in [1.82, 2.24) is 0 Å². The molecule has 1 aromatic rings. The van der Waals surface area contributed by atoms with Crippen molar-refractivity contribution in [2.45, 2.75) is 0 Å². The van der Waals surface area contributed by atoms with Crippen LogP contribution in [-0.2, 0) is 18.7 Å². The fraction of sp³-hybridized carbons (Fsp3) is 0.250. The van der Waals surface area contributed by atoms with Crippen LogP contribution >= 0.6 is 7.60 Å². The van der Waals surface area contributed by atoms with Gasteiger partial charge in [0.15, 0.2) is 0 Å². The van der Waals surface area contributed by atoms with E-state index in [0.29, 0.717) is 5.30 Å². The van der Waals surface area contributed by atoms with Crippen molar-refractivity contribution >= 4 is 12.9 Å². The third-order valence-corrected chi connectivity index (χ3v) is 3.24. The average Bonchev–Trinajstić information content (AvgIpc) is 2.19. The van der Waals surface area contributed by atoms with E-state index in [1.807, 2.05) is 6.07 Å². The zero-order chi connectivity index (χ0) is 9.73. The van der Waals surface area contributed by atoms with Gasteiger partial charge in [0.25, 0.3) is 0 Å². The molecule has 0 bridgehead atoms. The van der Waals surface area contributed by atoms with Crippen LogP contribution in [-0.4, -0.2) is 14.2 Å². The lowest BCUT2D eigenvalue weighted by Gasteiger charge is -2.12. The molecule has 0 saturated carbocycles. The Bertz CT molecular complexity index is 298. The molecule has 0 fully saturated rings. The molecule has 4 nitrogen and oxygen atoms in total. The minimum Gasteiger partial charge on any atom is -0.307 e. The van der Waals surface area contributed by atoms with Gasteiger partial charge in [0.2, 0.25) is 0 Å². The largest absolute Gasteiger partial charge is 0.387 e. The first kappa shape index (κ1) is 10.4. The minimum absolute atomic E-state index is 0.472. The number of hydrogen-bond acceptors (Lipinski definition) is 4. The third kappa shape index (κ3) is 2.39. The van der Waals surface area contributed by atoms with Crippen molar-refractivity contribution in [3.05, 3.63) is 30.3 Å². The van der Waals surface area contributed by atoms with Crippen LogP contribution in [0.4, 0.5) is 0 Å². The van der Waals surface area contributed by atoms with E-state index in [1.165, 1.54) is 14.2 Å². The Morgan fingerprint density at radius 1 is 1.15 bits per heavy atom. The maximum atomic E-state index is 11.8. The molecule has 0 N–H and O–H groups in total. The van der Waals surface area contributed by atoms with Gasteiger partial charge in [-0.15, -0.1) is 4.67 Å². The summed E-state index contributed by atoms with van der Waals surface area (Å²) in [5.74, 6) is 0. The quantitative estimate of drug-likeness (QED) is 0.423. The Kier molecular flexibility index (Phi) is 3.63. The summed E-state index contributed by atoms with van der Waals surface area (Å²) < 4.78 is 21.2. The predicted molar refractivity (Wildman–Crippen MR) is 48.8 cm³/mol. The highest BCUT2D eigenvalue weighted by molar-refractivity contribution is 7.62. The summed E-state index contributed by atoms with van der Waals surface area (Å²) >= 11 is 0. The van der Waals surface area contributed by atoms with Gasteiger partial charge < -0.3 is 4.52 Å². The zero-order valence-electron chi connectivity index (χ0n) is 7.47. The van der Waals surface area contributed by atoms with E-state index in [1.54, 1.807) is 24.3 Å². The van der Waals surface area contributed by atoms with Crippen molar-refractivity contribution in [2.75, 3.05) is 14.2 Å². The lowest BCUT2D eigenvalue weighted by atomic mass is 10.4. The van der Waals surface area contributed by atoms with Gasteiger partial charge in [0, 0.05) is 7.11 Å². The zero-order valence-corrected chi connectivity index (χ0v) is 8.36. The second-order valence-electron chi connectivity index (χ2n) is 2.26. The second kappa shape index (κ2) is 4.53. The molecule has 0 amide bonds. The van der Waals surface area contributed by atoms with Crippen molar-refractivity contribution in [3.63, 3.8) is 0 Å². The molecule has 72 valence electrons. The summed E-state index contributed by atoms with van der Waals surface area (Å²) in [6, 6.07) is 8.63. The van der Waals surface area contributed by atoms with Crippen molar-refractivity contribution < 1.29 is 18.7 Å². The predicted octanol–water partition coefficient (Wildman–Crippen LogP) is 1.73. The number of benzene rings is 1. The molecule has 0 radical (unpaired) electrons. The first-order valence-corrected chi connectivity index (χ1v) is 5.21. The molecule has 0 heterocycles. The van der Waals surface area contributed by atoms with Crippen LogP contribution in [0.15, 0.2) is 30.3 Å². The molecule has 13 heavy (non-hydrogen) atoms. The Hall–Kier alpha value is -0.670. The molecular weight excluding hydrogens is 191 g/mol. The lowest BCUT2D eigenvalue weighted by molar-refractivity contribution is -0.184. The second-order valence-corrected chi connectivity index (χ2v) is 4.28.